The van der Waals surface area contributed by atoms with E-state index in [2.05, 4.69) is 26.0 Å². The first-order chi connectivity index (χ1) is 24.2. The largest absolute Gasteiger partial charge is 0.480 e. The molecule has 3 atom stereocenters. The van der Waals surface area contributed by atoms with Gasteiger partial charge in [0.05, 0.1) is 19.8 Å². The zero-order chi connectivity index (χ0) is 37.0. The fourth-order valence-electron chi connectivity index (χ4n) is 5.60. The van der Waals surface area contributed by atoms with Crippen LogP contribution in [0.5, 0.6) is 0 Å². The monoisotopic (exact) mass is 734 g/mol. The summed E-state index contributed by atoms with van der Waals surface area (Å²) >= 11 is 0. The maximum absolute atomic E-state index is 12.6. The van der Waals surface area contributed by atoms with Crippen LogP contribution in [0, 0.1) is 0 Å². The zero-order valence-electron chi connectivity index (χ0n) is 32.0. The van der Waals surface area contributed by atoms with Gasteiger partial charge in [0, 0.05) is 13.0 Å². The van der Waals surface area contributed by atoms with Crippen LogP contribution in [0.3, 0.4) is 0 Å². The lowest BCUT2D eigenvalue weighted by atomic mass is 10.1. The van der Waals surface area contributed by atoms with Crippen LogP contribution in [0.1, 0.15) is 187 Å². The average Bonchev–Trinajstić information content (AvgIpc) is 3.09. The molecule has 0 spiro atoms. The van der Waals surface area contributed by atoms with Gasteiger partial charge < -0.3 is 25.2 Å². The van der Waals surface area contributed by atoms with Crippen molar-refractivity contribution in [1.29, 1.82) is 0 Å². The lowest BCUT2D eigenvalue weighted by Gasteiger charge is -2.20. The molecule has 0 rings (SSSR count). The number of carboxylic acids is 1. The second-order valence-corrected chi connectivity index (χ2v) is 15.2. The maximum atomic E-state index is 12.6. The fourth-order valence-corrected chi connectivity index (χ4v) is 6.38. The minimum absolute atomic E-state index is 0.0207. The molecule has 296 valence electrons. The number of rotatable bonds is 39. The van der Waals surface area contributed by atoms with Gasteiger partial charge >= 0.3 is 19.8 Å². The number of nitrogens with two attached hydrogens (primary N) is 1. The van der Waals surface area contributed by atoms with Crippen molar-refractivity contribution >= 4 is 19.8 Å². The quantitative estimate of drug-likeness (QED) is 0.0240. The van der Waals surface area contributed by atoms with Gasteiger partial charge in [0.25, 0.3) is 0 Å². The maximum Gasteiger partial charge on any atom is 0.472 e. The number of hydrogen-bond donors (Lipinski definition) is 3. The molecule has 50 heavy (non-hydrogen) atoms. The highest BCUT2D eigenvalue weighted by molar-refractivity contribution is 7.47. The summed E-state index contributed by atoms with van der Waals surface area (Å²) in [5.74, 6) is -1.78. The van der Waals surface area contributed by atoms with Crippen molar-refractivity contribution in [2.45, 2.75) is 199 Å². The molecule has 4 N–H and O–H groups in total. The van der Waals surface area contributed by atoms with Crippen LogP contribution in [0.4, 0.5) is 0 Å². The number of phosphoric acid groups is 1. The molecule has 0 bridgehead atoms. The first-order valence-corrected chi connectivity index (χ1v) is 21.7. The molecule has 0 heterocycles. The number of phosphoric ester groups is 1. The average molecular weight is 734 g/mol. The van der Waals surface area contributed by atoms with Gasteiger partial charge in [-0.2, -0.15) is 0 Å². The molecule has 10 nitrogen and oxygen atoms in total. The Bertz CT molecular complexity index is 857. The summed E-state index contributed by atoms with van der Waals surface area (Å²) in [6.07, 6.45) is 35.5. The minimum Gasteiger partial charge on any atom is -0.480 e. The molecular weight excluding hydrogens is 657 g/mol. The van der Waals surface area contributed by atoms with Gasteiger partial charge in [-0.3, -0.25) is 18.6 Å². The van der Waals surface area contributed by atoms with E-state index in [-0.39, 0.29) is 13.0 Å². The molecule has 0 saturated carbocycles. The van der Waals surface area contributed by atoms with Crippen molar-refractivity contribution in [3.63, 3.8) is 0 Å². The molecule has 0 aliphatic heterocycles. The van der Waals surface area contributed by atoms with Crippen molar-refractivity contribution in [2.75, 3.05) is 26.4 Å². The third kappa shape index (κ3) is 35.1. The van der Waals surface area contributed by atoms with Crippen molar-refractivity contribution in [1.82, 2.24) is 0 Å². The van der Waals surface area contributed by atoms with E-state index in [4.69, 9.17) is 29.4 Å². The van der Waals surface area contributed by atoms with E-state index in [9.17, 15) is 19.0 Å². The fraction of sp³-hybridized carbons (Fsp3) is 0.897. The number of carbonyl (C=O) groups is 2. The smallest absolute Gasteiger partial charge is 0.472 e. The summed E-state index contributed by atoms with van der Waals surface area (Å²) in [5.41, 5.74) is 5.34. The first kappa shape index (κ1) is 48.7. The summed E-state index contributed by atoms with van der Waals surface area (Å²) in [7, 11) is -4.60. The highest BCUT2D eigenvalue weighted by Gasteiger charge is 2.27. The summed E-state index contributed by atoms with van der Waals surface area (Å²) < 4.78 is 33.2. The molecule has 0 aliphatic carbocycles. The van der Waals surface area contributed by atoms with Gasteiger partial charge in [0.15, 0.2) is 0 Å². The molecule has 0 radical (unpaired) electrons. The lowest BCUT2D eigenvalue weighted by molar-refractivity contribution is -0.154. The Morgan fingerprint density at radius 3 is 1.52 bits per heavy atom. The molecule has 0 fully saturated rings. The third-order valence-electron chi connectivity index (χ3n) is 8.79. The van der Waals surface area contributed by atoms with E-state index in [1.807, 2.05) is 0 Å². The second kappa shape index (κ2) is 36.1. The number of aliphatic carboxylic acids is 1. The SMILES string of the molecule is CCCCCCCC/C=C\CCCCCCCCCCCC(=O)OC(COCCCCCCCCCCC)COP(=O)(O)OCC(N)C(=O)O. The predicted octanol–water partition coefficient (Wildman–Crippen LogP) is 10.6. The summed E-state index contributed by atoms with van der Waals surface area (Å²) in [6, 6.07) is -1.47. The van der Waals surface area contributed by atoms with Gasteiger partial charge in [-0.25, -0.2) is 4.57 Å². The first-order valence-electron chi connectivity index (χ1n) is 20.2. The molecular formula is C39H76NO9P. The van der Waals surface area contributed by atoms with Crippen LogP contribution >= 0.6 is 7.82 Å². The standard InChI is InChI=1S/C39H76NO9P/c1-3-5-7-9-11-13-14-15-16-17-18-19-20-21-22-23-25-27-29-31-38(41)49-36(34-47-50(44,45)48-35-37(40)39(42)43)33-46-32-30-28-26-24-12-10-8-6-4-2/h15-16,36-37H,3-14,17-35,40H2,1-2H3,(H,42,43)(H,44,45)/b16-15-. The molecule has 0 aromatic carbocycles. The molecule has 0 amide bonds. The molecule has 11 heteroatoms. The molecule has 0 aliphatic rings. The molecule has 0 aromatic rings. The zero-order valence-corrected chi connectivity index (χ0v) is 32.9. The summed E-state index contributed by atoms with van der Waals surface area (Å²) in [6.45, 7) is 3.87. The van der Waals surface area contributed by atoms with Crippen molar-refractivity contribution < 1.29 is 42.7 Å². The number of unbranched alkanes of at least 4 members (excludes halogenated alkanes) is 23. The Balaban J connectivity index is 4.17. The van der Waals surface area contributed by atoms with Crippen LogP contribution in [-0.4, -0.2) is 60.5 Å². The van der Waals surface area contributed by atoms with Crippen LogP contribution in [0.15, 0.2) is 12.2 Å². The Labute approximate surface area is 305 Å². The highest BCUT2D eigenvalue weighted by atomic mass is 31.2. The van der Waals surface area contributed by atoms with Gasteiger partial charge in [0.2, 0.25) is 0 Å². The van der Waals surface area contributed by atoms with Crippen LogP contribution < -0.4 is 5.73 Å². The van der Waals surface area contributed by atoms with Gasteiger partial charge in [-0.1, -0.05) is 154 Å². The highest BCUT2D eigenvalue weighted by Crippen LogP contribution is 2.43. The van der Waals surface area contributed by atoms with Crippen LogP contribution in [0.2, 0.25) is 0 Å². The van der Waals surface area contributed by atoms with E-state index in [1.165, 1.54) is 122 Å². The number of ether oxygens (including phenoxy) is 2. The van der Waals surface area contributed by atoms with Crippen molar-refractivity contribution in [3.8, 4) is 0 Å². The van der Waals surface area contributed by atoms with Gasteiger partial charge in [0.1, 0.15) is 12.1 Å². The van der Waals surface area contributed by atoms with Crippen LogP contribution in [-0.2, 0) is 32.7 Å². The Morgan fingerprint density at radius 1 is 0.620 bits per heavy atom. The summed E-state index contributed by atoms with van der Waals surface area (Å²) in [5, 5.41) is 8.86. The number of carboxylic acid groups (broad SMARTS) is 1. The van der Waals surface area contributed by atoms with Crippen LogP contribution in [0.25, 0.3) is 0 Å². The van der Waals surface area contributed by atoms with Crippen molar-refractivity contribution in [2.24, 2.45) is 5.73 Å². The number of esters is 1. The number of hydrogen-bond acceptors (Lipinski definition) is 8. The summed E-state index contributed by atoms with van der Waals surface area (Å²) in [4.78, 5) is 33.4. The Hall–Kier alpha value is -1.29. The van der Waals surface area contributed by atoms with E-state index in [0.29, 0.717) is 13.0 Å². The molecule has 0 aromatic heterocycles. The van der Waals surface area contributed by atoms with E-state index in [1.54, 1.807) is 0 Å². The predicted molar refractivity (Wildman–Crippen MR) is 203 cm³/mol. The van der Waals surface area contributed by atoms with Crippen molar-refractivity contribution in [3.05, 3.63) is 12.2 Å². The topological polar surface area (TPSA) is 155 Å². The minimum atomic E-state index is -4.60. The second-order valence-electron chi connectivity index (χ2n) is 13.8. The van der Waals surface area contributed by atoms with Gasteiger partial charge in [-0.15, -0.1) is 0 Å². The third-order valence-corrected chi connectivity index (χ3v) is 9.75. The molecule has 0 saturated heterocycles. The van der Waals surface area contributed by atoms with E-state index >= 15 is 0 Å². The molecule has 3 unspecified atom stereocenters. The number of allylic oxidation sites excluding steroid dienone is 2. The van der Waals surface area contributed by atoms with Gasteiger partial charge in [-0.05, 0) is 38.5 Å². The Kier molecular flexibility index (Phi) is 35.2. The Morgan fingerprint density at radius 2 is 1.04 bits per heavy atom. The lowest BCUT2D eigenvalue weighted by Crippen LogP contribution is -2.34. The normalized spacial score (nSPS) is 14.2. The number of carbonyl (C=O) groups excluding carboxylic acids is 1. The van der Waals surface area contributed by atoms with E-state index in [0.717, 1.165) is 38.5 Å². The van der Waals surface area contributed by atoms with E-state index < -0.39 is 45.1 Å².